The lowest BCUT2D eigenvalue weighted by Crippen LogP contribution is -2.27. The Morgan fingerprint density at radius 3 is 2.80 bits per heavy atom. The van der Waals surface area contributed by atoms with Gasteiger partial charge in [0.2, 0.25) is 5.91 Å². The van der Waals surface area contributed by atoms with Crippen LogP contribution in [0.15, 0.2) is 53.0 Å². The number of aromatic amines is 1. The van der Waals surface area contributed by atoms with Crippen LogP contribution in [0.5, 0.6) is 0 Å². The highest BCUT2D eigenvalue weighted by molar-refractivity contribution is 9.10. The number of aromatic nitrogens is 3. The number of H-pyrrole nitrogens is 1. The van der Waals surface area contributed by atoms with Crippen molar-refractivity contribution in [3.63, 3.8) is 0 Å². The Morgan fingerprint density at radius 2 is 1.96 bits per heavy atom. The second-order valence-electron chi connectivity index (χ2n) is 5.98. The molecular formula is C19H17BrN4O. The van der Waals surface area contributed by atoms with Gasteiger partial charge in [0.05, 0.1) is 17.6 Å². The first-order valence-corrected chi connectivity index (χ1v) is 8.86. The van der Waals surface area contributed by atoms with Crippen molar-refractivity contribution in [2.75, 3.05) is 0 Å². The number of imidazole rings is 1. The SMILES string of the molecule is Cc1c(Br)c2ccccc2n1CC(=O)NCc1nc2ccccc2[nH]1. The minimum absolute atomic E-state index is 0.0446. The summed E-state index contributed by atoms with van der Waals surface area (Å²) < 4.78 is 3.06. The summed E-state index contributed by atoms with van der Waals surface area (Å²) in [7, 11) is 0. The summed E-state index contributed by atoms with van der Waals surface area (Å²) >= 11 is 3.62. The number of benzene rings is 2. The van der Waals surface area contributed by atoms with Gasteiger partial charge >= 0.3 is 0 Å². The van der Waals surface area contributed by atoms with E-state index in [-0.39, 0.29) is 12.5 Å². The molecule has 0 radical (unpaired) electrons. The van der Waals surface area contributed by atoms with Gasteiger partial charge in [-0.25, -0.2) is 4.98 Å². The molecule has 0 aliphatic rings. The smallest absolute Gasteiger partial charge is 0.240 e. The number of hydrogen-bond acceptors (Lipinski definition) is 2. The zero-order valence-corrected chi connectivity index (χ0v) is 15.3. The summed E-state index contributed by atoms with van der Waals surface area (Å²) in [6.07, 6.45) is 0. The molecule has 6 heteroatoms. The largest absolute Gasteiger partial charge is 0.347 e. The Balaban J connectivity index is 1.50. The quantitative estimate of drug-likeness (QED) is 0.549. The highest BCUT2D eigenvalue weighted by Gasteiger charge is 2.14. The van der Waals surface area contributed by atoms with E-state index < -0.39 is 0 Å². The van der Waals surface area contributed by atoms with Gasteiger partial charge in [-0.3, -0.25) is 4.79 Å². The normalized spacial score (nSPS) is 11.3. The summed E-state index contributed by atoms with van der Waals surface area (Å²) in [6.45, 7) is 2.67. The van der Waals surface area contributed by atoms with Crippen molar-refractivity contribution < 1.29 is 4.79 Å². The lowest BCUT2D eigenvalue weighted by atomic mass is 10.2. The predicted octanol–water partition coefficient (Wildman–Crippen LogP) is 3.90. The van der Waals surface area contributed by atoms with Crippen LogP contribution in [0.2, 0.25) is 0 Å². The highest BCUT2D eigenvalue weighted by atomic mass is 79.9. The van der Waals surface area contributed by atoms with Crippen molar-refractivity contribution in [3.05, 3.63) is 64.5 Å². The van der Waals surface area contributed by atoms with E-state index >= 15 is 0 Å². The number of nitrogens with zero attached hydrogens (tertiary/aromatic N) is 2. The number of rotatable bonds is 4. The summed E-state index contributed by atoms with van der Waals surface area (Å²) in [5.41, 5.74) is 3.97. The Kier molecular flexibility index (Phi) is 4.05. The van der Waals surface area contributed by atoms with E-state index in [1.807, 2.05) is 54.0 Å². The van der Waals surface area contributed by atoms with Gasteiger partial charge in [0.15, 0.2) is 0 Å². The maximum absolute atomic E-state index is 12.4. The molecule has 5 nitrogen and oxygen atoms in total. The fraction of sp³-hybridized carbons (Fsp3) is 0.158. The summed E-state index contributed by atoms with van der Waals surface area (Å²) in [6, 6.07) is 15.9. The second-order valence-corrected chi connectivity index (χ2v) is 6.77. The number of nitrogens with one attached hydrogen (secondary N) is 2. The molecule has 0 aliphatic carbocycles. The van der Waals surface area contributed by atoms with Crippen LogP contribution in [0.4, 0.5) is 0 Å². The maximum Gasteiger partial charge on any atom is 0.240 e. The lowest BCUT2D eigenvalue weighted by molar-refractivity contribution is -0.121. The Bertz CT molecular complexity index is 1050. The van der Waals surface area contributed by atoms with Crippen LogP contribution >= 0.6 is 15.9 Å². The first-order valence-electron chi connectivity index (χ1n) is 8.07. The van der Waals surface area contributed by atoms with Gasteiger partial charge in [0.1, 0.15) is 12.4 Å². The molecule has 2 aromatic heterocycles. The van der Waals surface area contributed by atoms with Crippen LogP contribution in [0.3, 0.4) is 0 Å². The number of carbonyl (C=O) groups is 1. The third kappa shape index (κ3) is 2.93. The molecule has 0 fully saturated rings. The molecule has 0 aliphatic heterocycles. The molecule has 0 unspecified atom stereocenters. The first-order chi connectivity index (χ1) is 12.1. The van der Waals surface area contributed by atoms with Gasteiger partial charge in [0.25, 0.3) is 0 Å². The van der Waals surface area contributed by atoms with E-state index in [1.165, 1.54) is 0 Å². The highest BCUT2D eigenvalue weighted by Crippen LogP contribution is 2.30. The van der Waals surface area contributed by atoms with Crippen molar-refractivity contribution in [2.45, 2.75) is 20.0 Å². The molecule has 126 valence electrons. The molecule has 2 aromatic carbocycles. The average Bonchev–Trinajstić information content (AvgIpc) is 3.15. The predicted molar refractivity (Wildman–Crippen MR) is 102 cm³/mol. The van der Waals surface area contributed by atoms with Crippen LogP contribution in [0, 0.1) is 6.92 Å². The van der Waals surface area contributed by atoms with Crippen LogP contribution in [0.25, 0.3) is 21.9 Å². The maximum atomic E-state index is 12.4. The molecule has 2 heterocycles. The van der Waals surface area contributed by atoms with Gasteiger partial charge in [-0.05, 0) is 41.1 Å². The van der Waals surface area contributed by atoms with E-state index in [1.54, 1.807) is 0 Å². The molecule has 4 rings (SSSR count). The third-order valence-electron chi connectivity index (χ3n) is 4.35. The van der Waals surface area contributed by atoms with Crippen molar-refractivity contribution in [1.82, 2.24) is 19.9 Å². The van der Waals surface area contributed by atoms with E-state index in [9.17, 15) is 4.79 Å². The molecular weight excluding hydrogens is 380 g/mol. The molecule has 25 heavy (non-hydrogen) atoms. The van der Waals surface area contributed by atoms with Crippen LogP contribution in [0.1, 0.15) is 11.5 Å². The number of para-hydroxylation sites is 3. The summed E-state index contributed by atoms with van der Waals surface area (Å²) in [5.74, 6) is 0.710. The number of amides is 1. The number of halogens is 1. The zero-order chi connectivity index (χ0) is 17.4. The Labute approximate surface area is 153 Å². The summed E-state index contributed by atoms with van der Waals surface area (Å²) in [4.78, 5) is 20.1. The van der Waals surface area contributed by atoms with Gasteiger partial charge in [-0.1, -0.05) is 30.3 Å². The Hall–Kier alpha value is -2.60. The topological polar surface area (TPSA) is 62.7 Å². The lowest BCUT2D eigenvalue weighted by Gasteiger charge is -2.08. The summed E-state index contributed by atoms with van der Waals surface area (Å²) in [5, 5.41) is 4.06. The van der Waals surface area contributed by atoms with Gasteiger partial charge in [-0.15, -0.1) is 0 Å². The molecule has 0 saturated carbocycles. The van der Waals surface area contributed by atoms with Crippen LogP contribution in [-0.2, 0) is 17.9 Å². The van der Waals surface area contributed by atoms with E-state index in [0.717, 1.165) is 37.9 Å². The van der Waals surface area contributed by atoms with Crippen molar-refractivity contribution in [2.24, 2.45) is 0 Å². The first kappa shape index (κ1) is 15.9. The van der Waals surface area contributed by atoms with Gasteiger partial charge in [-0.2, -0.15) is 0 Å². The number of hydrogen-bond donors (Lipinski definition) is 2. The molecule has 0 atom stereocenters. The number of carbonyl (C=O) groups excluding carboxylic acids is 1. The molecule has 4 aromatic rings. The standard InChI is InChI=1S/C19H17BrN4O/c1-12-19(20)13-6-2-5-9-16(13)24(12)11-18(25)21-10-17-22-14-7-3-4-8-15(14)23-17/h2-9H,10-11H2,1H3,(H,21,25)(H,22,23). The van der Waals surface area contributed by atoms with E-state index in [0.29, 0.717) is 6.54 Å². The zero-order valence-electron chi connectivity index (χ0n) is 13.7. The van der Waals surface area contributed by atoms with Crippen molar-refractivity contribution >= 4 is 43.8 Å². The molecule has 0 spiro atoms. The molecule has 2 N–H and O–H groups in total. The van der Waals surface area contributed by atoms with Gasteiger partial charge in [0, 0.05) is 21.1 Å². The third-order valence-corrected chi connectivity index (χ3v) is 5.35. The fourth-order valence-electron chi connectivity index (χ4n) is 3.06. The van der Waals surface area contributed by atoms with Crippen molar-refractivity contribution in [3.8, 4) is 0 Å². The van der Waals surface area contributed by atoms with E-state index in [4.69, 9.17) is 0 Å². The van der Waals surface area contributed by atoms with Crippen LogP contribution < -0.4 is 5.32 Å². The number of fused-ring (bicyclic) bond motifs is 2. The van der Waals surface area contributed by atoms with Crippen LogP contribution in [-0.4, -0.2) is 20.4 Å². The molecule has 0 bridgehead atoms. The van der Waals surface area contributed by atoms with Gasteiger partial charge < -0.3 is 14.9 Å². The Morgan fingerprint density at radius 1 is 1.20 bits per heavy atom. The van der Waals surface area contributed by atoms with E-state index in [2.05, 4.69) is 37.3 Å². The van der Waals surface area contributed by atoms with Crippen molar-refractivity contribution in [1.29, 1.82) is 0 Å². The average molecular weight is 397 g/mol. The monoisotopic (exact) mass is 396 g/mol. The molecule has 1 amide bonds. The minimum atomic E-state index is -0.0446. The molecule has 0 saturated heterocycles. The minimum Gasteiger partial charge on any atom is -0.347 e. The fourth-order valence-corrected chi connectivity index (χ4v) is 3.61. The second kappa shape index (κ2) is 6.37.